The highest BCUT2D eigenvalue weighted by Gasteiger charge is 2.48. The number of pyridine rings is 1. The van der Waals surface area contributed by atoms with Gasteiger partial charge >= 0.3 is 0 Å². The van der Waals surface area contributed by atoms with Gasteiger partial charge in [-0.1, -0.05) is 30.4 Å². The molecule has 0 radical (unpaired) electrons. The number of nitriles is 1. The molecule has 1 aromatic carbocycles. The monoisotopic (exact) mass is 590 g/mol. The molecule has 43 heavy (non-hydrogen) atoms. The van der Waals surface area contributed by atoms with Crippen LogP contribution in [-0.2, 0) is 17.9 Å². The molecular formula is C33H37F3N6O. The summed E-state index contributed by atoms with van der Waals surface area (Å²) in [7, 11) is 0. The number of hydrogen-bond acceptors (Lipinski definition) is 6. The molecule has 2 fully saturated rings. The first-order valence-electron chi connectivity index (χ1n) is 15.3. The lowest BCUT2D eigenvalue weighted by Crippen LogP contribution is -2.43. The van der Waals surface area contributed by atoms with E-state index in [1.807, 2.05) is 0 Å². The van der Waals surface area contributed by atoms with Gasteiger partial charge in [0.1, 0.15) is 23.6 Å². The number of rotatable bonds is 1. The van der Waals surface area contributed by atoms with Crippen molar-refractivity contribution in [3.63, 3.8) is 0 Å². The number of anilines is 1. The van der Waals surface area contributed by atoms with E-state index in [0.29, 0.717) is 74.2 Å². The summed E-state index contributed by atoms with van der Waals surface area (Å²) in [5, 5.41) is 13.7. The van der Waals surface area contributed by atoms with Crippen molar-refractivity contribution >= 4 is 16.9 Å². The fourth-order valence-corrected chi connectivity index (χ4v) is 6.72. The van der Waals surface area contributed by atoms with E-state index in [9.17, 15) is 10.1 Å². The zero-order chi connectivity index (χ0) is 30.4. The number of fused-ring (bicyclic) bond motifs is 8. The number of halogens is 3. The minimum atomic E-state index is -3.31. The van der Waals surface area contributed by atoms with Crippen molar-refractivity contribution in [1.82, 2.24) is 19.4 Å². The fourth-order valence-electron chi connectivity index (χ4n) is 6.72. The van der Waals surface area contributed by atoms with Gasteiger partial charge in [-0.25, -0.2) is 23.1 Å². The number of nitrogens with one attached hydrogen (secondary N) is 1. The lowest BCUT2D eigenvalue weighted by Gasteiger charge is -2.39. The summed E-state index contributed by atoms with van der Waals surface area (Å²) < 4.78 is 49.3. The number of nitrogens with zero attached hydrogens (tertiary/aromatic N) is 5. The van der Waals surface area contributed by atoms with Crippen molar-refractivity contribution in [2.24, 2.45) is 5.92 Å². The van der Waals surface area contributed by atoms with Crippen LogP contribution in [-0.4, -0.2) is 38.6 Å². The molecule has 4 aliphatic rings. The molecule has 1 saturated heterocycles. The van der Waals surface area contributed by atoms with Gasteiger partial charge in [0.15, 0.2) is 0 Å². The highest BCUT2D eigenvalue weighted by molar-refractivity contribution is 5.87. The van der Waals surface area contributed by atoms with Crippen LogP contribution in [0.15, 0.2) is 47.5 Å². The number of hydrogen-bond donors (Lipinski definition) is 1. The van der Waals surface area contributed by atoms with Crippen molar-refractivity contribution in [1.29, 1.82) is 5.26 Å². The predicted molar refractivity (Wildman–Crippen MR) is 159 cm³/mol. The SMILES string of the molecule is CC1CC/C=C\CCn2c(=O)c(C3(C#N)CC3)cc3c(ncnc32)N[C@H](C)c2cccc(c2F)C(F)(F)C2CCN1CC2. The average Bonchev–Trinajstić information content (AvgIpc) is 3.80. The standard InChI is InChI=1S/C33H37F3N6O/c1-21-8-5-3-4-6-15-42-30-25(18-27(31(42)43)32(19-37)13-14-32)29(38-20-39-30)40-22(2)24-9-7-10-26(28(24)34)33(35,36)23-11-16-41(21)17-12-23/h3-4,7,9-10,18,20-23H,5-6,8,11-17H2,1-2H3,(H,38,39,40)/b4-3-/t21?,22-/m1/s1. The lowest BCUT2D eigenvalue weighted by atomic mass is 9.84. The molecule has 2 aromatic heterocycles. The predicted octanol–water partition coefficient (Wildman–Crippen LogP) is 6.59. The van der Waals surface area contributed by atoms with Gasteiger partial charge in [-0.3, -0.25) is 9.36 Å². The summed E-state index contributed by atoms with van der Waals surface area (Å²) in [5.41, 5.74) is -0.740. The Morgan fingerprint density at radius 1 is 1.02 bits per heavy atom. The largest absolute Gasteiger partial charge is 0.363 e. The normalized spacial score (nSPS) is 27.5. The lowest BCUT2D eigenvalue weighted by molar-refractivity contribution is -0.0906. The molecule has 1 N–H and O–H groups in total. The minimum absolute atomic E-state index is 0.107. The third kappa shape index (κ3) is 5.33. The first-order valence-corrected chi connectivity index (χ1v) is 15.3. The molecule has 5 heterocycles. The second-order valence-corrected chi connectivity index (χ2v) is 12.4. The van der Waals surface area contributed by atoms with E-state index in [2.05, 4.69) is 45.3 Å². The molecule has 8 bridgehead atoms. The molecule has 1 unspecified atom stereocenters. The average molecular weight is 591 g/mol. The summed E-state index contributed by atoms with van der Waals surface area (Å²) >= 11 is 0. The number of alkyl halides is 2. The molecule has 0 amide bonds. The van der Waals surface area contributed by atoms with Gasteiger partial charge in [-0.05, 0) is 77.9 Å². The third-order valence-electron chi connectivity index (χ3n) is 9.67. The van der Waals surface area contributed by atoms with E-state index in [-0.39, 0.29) is 17.2 Å². The molecule has 0 spiro atoms. The first kappa shape index (κ1) is 29.4. The molecule has 3 aromatic rings. The summed E-state index contributed by atoms with van der Waals surface area (Å²) in [6, 6.07) is 7.72. The van der Waals surface area contributed by atoms with Crippen LogP contribution < -0.4 is 10.9 Å². The van der Waals surface area contributed by atoms with E-state index in [1.165, 1.54) is 24.5 Å². The van der Waals surface area contributed by atoms with E-state index < -0.39 is 34.7 Å². The van der Waals surface area contributed by atoms with E-state index in [4.69, 9.17) is 0 Å². The van der Waals surface area contributed by atoms with Gasteiger partial charge in [-0.15, -0.1) is 0 Å². The summed E-state index contributed by atoms with van der Waals surface area (Å²) in [4.78, 5) is 24.8. The highest BCUT2D eigenvalue weighted by Crippen LogP contribution is 2.47. The van der Waals surface area contributed by atoms with Crippen LogP contribution in [0.1, 0.15) is 81.5 Å². The Bertz CT molecular complexity index is 1650. The maximum atomic E-state index is 15.9. The molecule has 226 valence electrons. The number of aryl methyl sites for hydroxylation is 1. The molecule has 2 atom stereocenters. The number of piperidine rings is 1. The quantitative estimate of drug-likeness (QED) is 0.322. The van der Waals surface area contributed by atoms with Crippen LogP contribution in [0.25, 0.3) is 11.0 Å². The summed E-state index contributed by atoms with van der Waals surface area (Å²) in [6.45, 7) is 5.30. The Labute approximate surface area is 249 Å². The molecule has 7 nitrogen and oxygen atoms in total. The summed E-state index contributed by atoms with van der Waals surface area (Å²) in [6.07, 6.45) is 9.63. The zero-order valence-corrected chi connectivity index (χ0v) is 24.6. The highest BCUT2D eigenvalue weighted by atomic mass is 19.3. The van der Waals surface area contributed by atoms with Crippen molar-refractivity contribution in [3.05, 3.63) is 75.6 Å². The Morgan fingerprint density at radius 3 is 2.49 bits per heavy atom. The van der Waals surface area contributed by atoms with Crippen molar-refractivity contribution in [2.45, 2.75) is 88.8 Å². The van der Waals surface area contributed by atoms with Gasteiger partial charge in [0.2, 0.25) is 0 Å². The van der Waals surface area contributed by atoms with Crippen LogP contribution in [0, 0.1) is 23.1 Å². The Balaban J connectivity index is 1.45. The minimum Gasteiger partial charge on any atom is -0.363 e. The number of benzene rings is 1. The van der Waals surface area contributed by atoms with E-state index in [1.54, 1.807) is 17.6 Å². The van der Waals surface area contributed by atoms with Gasteiger partial charge < -0.3 is 10.2 Å². The van der Waals surface area contributed by atoms with Crippen LogP contribution >= 0.6 is 0 Å². The molecule has 3 aliphatic heterocycles. The maximum Gasteiger partial charge on any atom is 0.278 e. The Morgan fingerprint density at radius 2 is 1.77 bits per heavy atom. The number of allylic oxidation sites excluding steroid dienone is 2. The van der Waals surface area contributed by atoms with Crippen LogP contribution in [0.5, 0.6) is 0 Å². The van der Waals surface area contributed by atoms with Crippen molar-refractivity contribution in [3.8, 4) is 6.07 Å². The second kappa shape index (κ2) is 11.4. The third-order valence-corrected chi connectivity index (χ3v) is 9.67. The topological polar surface area (TPSA) is 86.8 Å². The van der Waals surface area contributed by atoms with Gasteiger partial charge in [0.05, 0.1) is 28.5 Å². The van der Waals surface area contributed by atoms with Gasteiger partial charge in [0, 0.05) is 29.6 Å². The Hall–Kier alpha value is -3.71. The van der Waals surface area contributed by atoms with Gasteiger partial charge in [0.25, 0.3) is 11.5 Å². The van der Waals surface area contributed by atoms with Crippen LogP contribution in [0.2, 0.25) is 0 Å². The summed E-state index contributed by atoms with van der Waals surface area (Å²) in [5.74, 6) is -4.81. The van der Waals surface area contributed by atoms with E-state index >= 15 is 13.2 Å². The zero-order valence-electron chi connectivity index (χ0n) is 24.6. The van der Waals surface area contributed by atoms with Crippen LogP contribution in [0.3, 0.4) is 0 Å². The van der Waals surface area contributed by atoms with Crippen molar-refractivity contribution < 1.29 is 13.2 Å². The van der Waals surface area contributed by atoms with Crippen molar-refractivity contribution in [2.75, 3.05) is 18.4 Å². The molecule has 1 aliphatic carbocycles. The first-order chi connectivity index (χ1) is 20.7. The maximum absolute atomic E-state index is 15.9. The Kier molecular flexibility index (Phi) is 7.80. The molecule has 7 rings (SSSR count). The smallest absolute Gasteiger partial charge is 0.278 e. The van der Waals surface area contributed by atoms with Gasteiger partial charge in [-0.2, -0.15) is 5.26 Å². The molecule has 10 heteroatoms. The number of aromatic nitrogens is 3. The molecular weight excluding hydrogens is 553 g/mol. The molecule has 1 saturated carbocycles. The fraction of sp³-hybridized carbons (Fsp3) is 0.515. The van der Waals surface area contributed by atoms with Crippen LogP contribution in [0.4, 0.5) is 19.0 Å². The second-order valence-electron chi connectivity index (χ2n) is 12.4. The van der Waals surface area contributed by atoms with E-state index in [0.717, 1.165) is 12.8 Å².